The molecule has 1 aromatic heterocycles. The van der Waals surface area contributed by atoms with Crippen molar-refractivity contribution in [3.05, 3.63) is 22.3 Å². The standard InChI is InChI=1S/C14H15N5O5S2/c1-5-3-25-12-8(11(21)19(12)9(5)13(22)23)17-10(20)7(18-24-2)6-4-26-14(15)16-6/h4,8,12H,3H2,1-2H3,(H2,15,16)(H,17,20)(H,22,23)/t8?,12-/m1/s1. The third-order valence-electron chi connectivity index (χ3n) is 3.81. The minimum atomic E-state index is -1.16. The number of nitrogens with two attached hydrogens (primary N) is 1. The molecule has 0 saturated carbocycles. The molecule has 0 aliphatic carbocycles. The van der Waals surface area contributed by atoms with Crippen LogP contribution in [0.15, 0.2) is 21.8 Å². The first kappa shape index (κ1) is 18.2. The van der Waals surface area contributed by atoms with Crippen LogP contribution >= 0.6 is 23.1 Å². The number of thioether (sulfide) groups is 1. The van der Waals surface area contributed by atoms with Crippen LogP contribution < -0.4 is 11.1 Å². The summed E-state index contributed by atoms with van der Waals surface area (Å²) < 4.78 is 0. The molecule has 3 heterocycles. The van der Waals surface area contributed by atoms with Crippen LogP contribution in [-0.2, 0) is 19.2 Å². The lowest BCUT2D eigenvalue weighted by atomic mass is 10.0. The second kappa shape index (κ2) is 6.96. The number of anilines is 1. The lowest BCUT2D eigenvalue weighted by Crippen LogP contribution is -2.71. The predicted octanol–water partition coefficient (Wildman–Crippen LogP) is -0.166. The summed E-state index contributed by atoms with van der Waals surface area (Å²) in [5.74, 6) is -1.84. The fraction of sp³-hybridized carbons (Fsp3) is 0.357. The summed E-state index contributed by atoms with van der Waals surface area (Å²) >= 11 is 2.52. The number of nitrogens with one attached hydrogen (secondary N) is 1. The van der Waals surface area contributed by atoms with Gasteiger partial charge in [-0.2, -0.15) is 0 Å². The highest BCUT2D eigenvalue weighted by atomic mass is 32.2. The Hall–Kier alpha value is -2.60. The van der Waals surface area contributed by atoms with Crippen molar-refractivity contribution in [1.82, 2.24) is 15.2 Å². The number of carbonyl (C=O) groups is 3. The van der Waals surface area contributed by atoms with Crippen molar-refractivity contribution in [1.29, 1.82) is 0 Å². The molecule has 0 radical (unpaired) electrons. The summed E-state index contributed by atoms with van der Waals surface area (Å²) in [7, 11) is 1.28. The molecule has 1 unspecified atom stereocenters. The van der Waals surface area contributed by atoms with Gasteiger partial charge in [0, 0.05) is 11.1 Å². The zero-order chi connectivity index (χ0) is 19.0. The Labute approximate surface area is 156 Å². The summed E-state index contributed by atoms with van der Waals surface area (Å²) in [5, 5.41) is 16.9. The first-order valence-corrected chi connectivity index (χ1v) is 9.29. The molecule has 2 atom stereocenters. The third kappa shape index (κ3) is 3.01. The largest absolute Gasteiger partial charge is 0.477 e. The average molecular weight is 397 g/mol. The number of nitrogen functional groups attached to an aromatic ring is 1. The molecular weight excluding hydrogens is 382 g/mol. The number of carboxylic acids is 1. The fourth-order valence-corrected chi connectivity index (χ4v) is 4.52. The molecule has 0 bridgehead atoms. The highest BCUT2D eigenvalue weighted by Gasteiger charge is 2.54. The smallest absolute Gasteiger partial charge is 0.352 e. The summed E-state index contributed by atoms with van der Waals surface area (Å²) in [6.45, 7) is 1.67. The number of fused-ring (bicyclic) bond motifs is 1. The molecule has 4 N–H and O–H groups in total. The van der Waals surface area contributed by atoms with E-state index in [1.807, 2.05) is 0 Å². The van der Waals surface area contributed by atoms with E-state index in [0.29, 0.717) is 11.3 Å². The Balaban J connectivity index is 1.78. The van der Waals surface area contributed by atoms with Crippen LogP contribution in [0.3, 0.4) is 0 Å². The van der Waals surface area contributed by atoms with Gasteiger partial charge in [0.25, 0.3) is 11.8 Å². The van der Waals surface area contributed by atoms with E-state index in [0.717, 1.165) is 11.3 Å². The van der Waals surface area contributed by atoms with Crippen LogP contribution in [0.5, 0.6) is 0 Å². The number of aromatic nitrogens is 1. The normalized spacial score (nSPS) is 22.6. The summed E-state index contributed by atoms with van der Waals surface area (Å²) in [5.41, 5.74) is 6.27. The maximum absolute atomic E-state index is 12.5. The maximum atomic E-state index is 12.5. The highest BCUT2D eigenvalue weighted by Crippen LogP contribution is 2.40. The van der Waals surface area contributed by atoms with Gasteiger partial charge >= 0.3 is 5.97 Å². The fourth-order valence-electron chi connectivity index (χ4n) is 2.68. The minimum Gasteiger partial charge on any atom is -0.477 e. The average Bonchev–Trinajstić information content (AvgIpc) is 3.02. The number of thiazole rings is 1. The van der Waals surface area contributed by atoms with Gasteiger partial charge in [0.2, 0.25) is 0 Å². The van der Waals surface area contributed by atoms with E-state index in [-0.39, 0.29) is 22.2 Å². The van der Waals surface area contributed by atoms with Gasteiger partial charge in [0.15, 0.2) is 10.8 Å². The van der Waals surface area contributed by atoms with E-state index in [9.17, 15) is 19.5 Å². The molecule has 138 valence electrons. The van der Waals surface area contributed by atoms with Crippen molar-refractivity contribution in [3.63, 3.8) is 0 Å². The number of oxime groups is 1. The molecule has 2 amide bonds. The summed E-state index contributed by atoms with van der Waals surface area (Å²) in [4.78, 5) is 46.2. The van der Waals surface area contributed by atoms with Crippen molar-refractivity contribution < 1.29 is 24.3 Å². The molecular formula is C14H15N5O5S2. The van der Waals surface area contributed by atoms with E-state index in [4.69, 9.17) is 5.73 Å². The zero-order valence-corrected chi connectivity index (χ0v) is 15.4. The Morgan fingerprint density at radius 1 is 1.54 bits per heavy atom. The van der Waals surface area contributed by atoms with Gasteiger partial charge < -0.3 is 21.0 Å². The first-order chi connectivity index (χ1) is 12.3. The van der Waals surface area contributed by atoms with E-state index >= 15 is 0 Å². The van der Waals surface area contributed by atoms with E-state index in [2.05, 4.69) is 20.3 Å². The lowest BCUT2D eigenvalue weighted by Gasteiger charge is -2.49. The number of nitrogens with zero attached hydrogens (tertiary/aromatic N) is 3. The van der Waals surface area contributed by atoms with Crippen LogP contribution in [-0.4, -0.2) is 62.8 Å². The van der Waals surface area contributed by atoms with Crippen molar-refractivity contribution in [2.24, 2.45) is 5.16 Å². The molecule has 0 spiro atoms. The van der Waals surface area contributed by atoms with Crippen LogP contribution in [0, 0.1) is 0 Å². The van der Waals surface area contributed by atoms with Gasteiger partial charge in [0.05, 0.1) is 0 Å². The van der Waals surface area contributed by atoms with Crippen molar-refractivity contribution in [2.45, 2.75) is 18.3 Å². The van der Waals surface area contributed by atoms with Gasteiger partial charge in [0.1, 0.15) is 29.9 Å². The molecule has 12 heteroatoms. The molecule has 1 saturated heterocycles. The monoisotopic (exact) mass is 397 g/mol. The Morgan fingerprint density at radius 3 is 2.85 bits per heavy atom. The van der Waals surface area contributed by atoms with Crippen LogP contribution in [0.1, 0.15) is 12.6 Å². The lowest BCUT2D eigenvalue weighted by molar-refractivity contribution is -0.150. The van der Waals surface area contributed by atoms with Gasteiger partial charge in [-0.15, -0.1) is 23.1 Å². The third-order valence-corrected chi connectivity index (χ3v) is 5.91. The molecule has 26 heavy (non-hydrogen) atoms. The number of carboxylic acid groups (broad SMARTS) is 1. The van der Waals surface area contributed by atoms with Gasteiger partial charge in [-0.05, 0) is 12.5 Å². The zero-order valence-electron chi connectivity index (χ0n) is 13.8. The number of rotatable bonds is 5. The molecule has 2 aliphatic rings. The van der Waals surface area contributed by atoms with Crippen molar-refractivity contribution in [3.8, 4) is 0 Å². The topological polar surface area (TPSA) is 147 Å². The van der Waals surface area contributed by atoms with Crippen LogP contribution in [0.25, 0.3) is 0 Å². The number of carbonyl (C=O) groups excluding carboxylic acids is 2. The molecule has 1 aromatic rings. The van der Waals surface area contributed by atoms with Crippen LogP contribution in [0.2, 0.25) is 0 Å². The molecule has 1 fully saturated rings. The van der Waals surface area contributed by atoms with Gasteiger partial charge in [-0.3, -0.25) is 14.5 Å². The number of β-lactam (4-membered cyclic amide) rings is 1. The molecule has 3 rings (SSSR count). The number of hydrogen-bond donors (Lipinski definition) is 3. The Bertz CT molecular complexity index is 849. The molecule has 2 aliphatic heterocycles. The predicted molar refractivity (Wildman–Crippen MR) is 95.4 cm³/mol. The SMILES string of the molecule is CON=C(C(=O)NC1C(=O)N2C(C(=O)O)=C(C)CS[C@H]12)c1csc(N)n1. The summed E-state index contributed by atoms with van der Waals surface area (Å²) in [6, 6.07) is -0.854. The quantitative estimate of drug-likeness (QED) is 0.353. The van der Waals surface area contributed by atoms with Crippen LogP contribution in [0.4, 0.5) is 5.13 Å². The molecule has 0 aromatic carbocycles. The van der Waals surface area contributed by atoms with Gasteiger partial charge in [-0.25, -0.2) is 9.78 Å². The minimum absolute atomic E-state index is 0.0256. The highest BCUT2D eigenvalue weighted by molar-refractivity contribution is 8.00. The number of amides is 2. The second-order valence-corrected chi connectivity index (χ2v) is 7.48. The number of hydrogen-bond acceptors (Lipinski definition) is 9. The van der Waals surface area contributed by atoms with E-state index in [1.54, 1.807) is 12.3 Å². The Morgan fingerprint density at radius 2 is 2.27 bits per heavy atom. The second-order valence-electron chi connectivity index (χ2n) is 5.49. The first-order valence-electron chi connectivity index (χ1n) is 7.36. The number of aliphatic carboxylic acids is 1. The summed E-state index contributed by atoms with van der Waals surface area (Å²) in [6.07, 6.45) is 0. The van der Waals surface area contributed by atoms with Crippen molar-refractivity contribution in [2.75, 3.05) is 18.6 Å². The molecule has 10 nitrogen and oxygen atoms in total. The van der Waals surface area contributed by atoms with E-state index in [1.165, 1.54) is 23.8 Å². The van der Waals surface area contributed by atoms with Crippen molar-refractivity contribution >= 4 is 51.7 Å². The van der Waals surface area contributed by atoms with Gasteiger partial charge in [-0.1, -0.05) is 5.16 Å². The van der Waals surface area contributed by atoms with E-state index < -0.39 is 29.2 Å². The maximum Gasteiger partial charge on any atom is 0.352 e. The Kier molecular flexibility index (Phi) is 4.87.